The van der Waals surface area contributed by atoms with Gasteiger partial charge in [-0.05, 0) is 30.5 Å². The number of nitrogens with one attached hydrogen (secondary N) is 1. The summed E-state index contributed by atoms with van der Waals surface area (Å²) >= 11 is 0. The Morgan fingerprint density at radius 2 is 2.17 bits per heavy atom. The van der Waals surface area contributed by atoms with E-state index < -0.39 is 12.0 Å². The number of nitrogens with two attached hydrogens (primary N) is 1. The van der Waals surface area contributed by atoms with Crippen LogP contribution in [0, 0.1) is 0 Å². The fraction of sp³-hybridized carbons (Fsp3) is 0.385. The minimum atomic E-state index is -0.950. The van der Waals surface area contributed by atoms with Crippen LogP contribution in [0.1, 0.15) is 29.3 Å². The SMILES string of the molecule is CCC(N)C(=O)NCCc1cccc(C(=O)O)c1. The largest absolute Gasteiger partial charge is 0.478 e. The number of carboxylic acid groups (broad SMARTS) is 1. The third-order valence-corrected chi connectivity index (χ3v) is 2.66. The normalized spacial score (nSPS) is 11.9. The summed E-state index contributed by atoms with van der Waals surface area (Å²) in [5.41, 5.74) is 6.70. The predicted molar refractivity (Wildman–Crippen MR) is 68.4 cm³/mol. The zero-order valence-corrected chi connectivity index (χ0v) is 10.3. The van der Waals surface area contributed by atoms with Gasteiger partial charge in [0, 0.05) is 6.54 Å². The fourth-order valence-electron chi connectivity index (χ4n) is 1.51. The van der Waals surface area contributed by atoms with Crippen molar-refractivity contribution in [3.05, 3.63) is 35.4 Å². The molecule has 0 heterocycles. The van der Waals surface area contributed by atoms with Gasteiger partial charge in [0.05, 0.1) is 11.6 Å². The number of hydrogen-bond acceptors (Lipinski definition) is 3. The second kappa shape index (κ2) is 6.76. The van der Waals surface area contributed by atoms with Crippen LogP contribution in [-0.4, -0.2) is 29.6 Å². The van der Waals surface area contributed by atoms with Crippen LogP contribution in [0.4, 0.5) is 0 Å². The molecule has 0 aliphatic rings. The molecule has 1 rings (SSSR count). The number of carbonyl (C=O) groups is 2. The summed E-state index contributed by atoms with van der Waals surface area (Å²) in [5, 5.41) is 11.6. The molecule has 1 aromatic carbocycles. The van der Waals surface area contributed by atoms with Gasteiger partial charge >= 0.3 is 5.97 Å². The van der Waals surface area contributed by atoms with Crippen LogP contribution in [-0.2, 0) is 11.2 Å². The molecule has 1 amide bonds. The van der Waals surface area contributed by atoms with E-state index in [2.05, 4.69) is 5.32 Å². The van der Waals surface area contributed by atoms with E-state index in [1.54, 1.807) is 12.1 Å². The number of rotatable bonds is 6. The highest BCUT2D eigenvalue weighted by Crippen LogP contribution is 2.05. The lowest BCUT2D eigenvalue weighted by molar-refractivity contribution is -0.122. The maximum atomic E-state index is 11.4. The predicted octanol–water partition coefficient (Wildman–Crippen LogP) is 0.781. The summed E-state index contributed by atoms with van der Waals surface area (Å²) in [7, 11) is 0. The molecule has 0 spiro atoms. The van der Waals surface area contributed by atoms with Gasteiger partial charge in [-0.2, -0.15) is 0 Å². The Bertz CT molecular complexity index is 432. The first kappa shape index (κ1) is 14.2. The standard InChI is InChI=1S/C13H18N2O3/c1-2-11(14)12(16)15-7-6-9-4-3-5-10(8-9)13(17)18/h3-5,8,11H,2,6-7,14H2,1H3,(H,15,16)(H,17,18). The molecular formula is C13H18N2O3. The van der Waals surface area contributed by atoms with Gasteiger partial charge in [0.15, 0.2) is 0 Å². The molecule has 0 saturated carbocycles. The molecule has 1 unspecified atom stereocenters. The second-order valence-corrected chi connectivity index (χ2v) is 4.06. The Morgan fingerprint density at radius 3 is 2.78 bits per heavy atom. The van der Waals surface area contributed by atoms with Gasteiger partial charge in [0.2, 0.25) is 5.91 Å². The molecule has 0 aromatic heterocycles. The summed E-state index contributed by atoms with van der Waals surface area (Å²) in [6, 6.07) is 6.19. The van der Waals surface area contributed by atoms with E-state index in [0.717, 1.165) is 5.56 Å². The quantitative estimate of drug-likeness (QED) is 0.695. The van der Waals surface area contributed by atoms with Crippen molar-refractivity contribution in [2.24, 2.45) is 5.73 Å². The van der Waals surface area contributed by atoms with E-state index in [4.69, 9.17) is 10.8 Å². The van der Waals surface area contributed by atoms with Crippen LogP contribution < -0.4 is 11.1 Å². The van der Waals surface area contributed by atoms with E-state index in [1.807, 2.05) is 13.0 Å². The molecule has 98 valence electrons. The van der Waals surface area contributed by atoms with E-state index in [-0.39, 0.29) is 11.5 Å². The molecule has 0 fully saturated rings. The summed E-state index contributed by atoms with van der Waals surface area (Å²) < 4.78 is 0. The van der Waals surface area contributed by atoms with Crippen LogP contribution in [0.2, 0.25) is 0 Å². The molecule has 4 N–H and O–H groups in total. The molecule has 0 aliphatic carbocycles. The molecule has 18 heavy (non-hydrogen) atoms. The minimum Gasteiger partial charge on any atom is -0.478 e. The maximum absolute atomic E-state index is 11.4. The Kier molecular flexibility index (Phi) is 5.32. The van der Waals surface area contributed by atoms with Crippen LogP contribution in [0.3, 0.4) is 0 Å². The van der Waals surface area contributed by atoms with Crippen LogP contribution in [0.25, 0.3) is 0 Å². The zero-order valence-electron chi connectivity index (χ0n) is 10.3. The van der Waals surface area contributed by atoms with Crippen LogP contribution in [0.15, 0.2) is 24.3 Å². The molecule has 0 bridgehead atoms. The first-order valence-corrected chi connectivity index (χ1v) is 5.90. The Morgan fingerprint density at radius 1 is 1.44 bits per heavy atom. The Balaban J connectivity index is 2.47. The van der Waals surface area contributed by atoms with Crippen molar-refractivity contribution in [3.63, 3.8) is 0 Å². The minimum absolute atomic E-state index is 0.174. The average Bonchev–Trinajstić information content (AvgIpc) is 2.38. The van der Waals surface area contributed by atoms with Crippen molar-refractivity contribution < 1.29 is 14.7 Å². The second-order valence-electron chi connectivity index (χ2n) is 4.06. The third-order valence-electron chi connectivity index (χ3n) is 2.66. The molecule has 5 heteroatoms. The van der Waals surface area contributed by atoms with Crippen molar-refractivity contribution in [1.82, 2.24) is 5.32 Å². The van der Waals surface area contributed by atoms with Gasteiger partial charge in [-0.15, -0.1) is 0 Å². The van der Waals surface area contributed by atoms with Gasteiger partial charge in [0.25, 0.3) is 0 Å². The summed E-state index contributed by atoms with van der Waals surface area (Å²) in [6.45, 7) is 2.30. The van der Waals surface area contributed by atoms with Crippen molar-refractivity contribution in [1.29, 1.82) is 0 Å². The van der Waals surface area contributed by atoms with Gasteiger partial charge in [-0.1, -0.05) is 19.1 Å². The van der Waals surface area contributed by atoms with Gasteiger partial charge < -0.3 is 16.2 Å². The molecule has 5 nitrogen and oxygen atoms in total. The first-order valence-electron chi connectivity index (χ1n) is 5.90. The van der Waals surface area contributed by atoms with E-state index in [0.29, 0.717) is 19.4 Å². The Labute approximate surface area is 106 Å². The lowest BCUT2D eigenvalue weighted by Crippen LogP contribution is -2.40. The van der Waals surface area contributed by atoms with E-state index in [9.17, 15) is 9.59 Å². The topological polar surface area (TPSA) is 92.4 Å². The van der Waals surface area contributed by atoms with Crippen LogP contribution >= 0.6 is 0 Å². The molecule has 1 aromatic rings. The maximum Gasteiger partial charge on any atom is 0.335 e. The first-order chi connectivity index (χ1) is 8.54. The van der Waals surface area contributed by atoms with Crippen molar-refractivity contribution in [3.8, 4) is 0 Å². The van der Waals surface area contributed by atoms with Crippen molar-refractivity contribution in [2.75, 3.05) is 6.54 Å². The number of benzene rings is 1. The van der Waals surface area contributed by atoms with Gasteiger partial charge in [-0.3, -0.25) is 4.79 Å². The number of carboxylic acids is 1. The highest BCUT2D eigenvalue weighted by Gasteiger charge is 2.09. The van der Waals surface area contributed by atoms with E-state index in [1.165, 1.54) is 6.07 Å². The summed E-state index contributed by atoms with van der Waals surface area (Å²) in [6.07, 6.45) is 1.18. The Hall–Kier alpha value is -1.88. The summed E-state index contributed by atoms with van der Waals surface area (Å²) in [4.78, 5) is 22.2. The summed E-state index contributed by atoms with van der Waals surface area (Å²) in [5.74, 6) is -1.12. The van der Waals surface area contributed by atoms with Crippen molar-refractivity contribution in [2.45, 2.75) is 25.8 Å². The molecule has 0 radical (unpaired) electrons. The number of aromatic carboxylic acids is 1. The monoisotopic (exact) mass is 250 g/mol. The number of amides is 1. The molecular weight excluding hydrogens is 232 g/mol. The smallest absolute Gasteiger partial charge is 0.335 e. The van der Waals surface area contributed by atoms with Crippen LogP contribution in [0.5, 0.6) is 0 Å². The molecule has 0 saturated heterocycles. The number of carbonyl (C=O) groups excluding carboxylic acids is 1. The highest BCUT2D eigenvalue weighted by molar-refractivity contribution is 5.87. The van der Waals surface area contributed by atoms with Gasteiger partial charge in [0.1, 0.15) is 0 Å². The van der Waals surface area contributed by atoms with Crippen molar-refractivity contribution >= 4 is 11.9 Å². The fourth-order valence-corrected chi connectivity index (χ4v) is 1.51. The third kappa shape index (κ3) is 4.18. The lowest BCUT2D eigenvalue weighted by atomic mass is 10.1. The lowest BCUT2D eigenvalue weighted by Gasteiger charge is -2.10. The zero-order chi connectivity index (χ0) is 13.5. The molecule has 1 atom stereocenters. The highest BCUT2D eigenvalue weighted by atomic mass is 16.4. The molecule has 0 aliphatic heterocycles. The average molecular weight is 250 g/mol. The van der Waals surface area contributed by atoms with E-state index >= 15 is 0 Å². The van der Waals surface area contributed by atoms with Gasteiger partial charge in [-0.25, -0.2) is 4.79 Å². The number of hydrogen-bond donors (Lipinski definition) is 3.